The normalized spacial score (nSPS) is 10.7. The van der Waals surface area contributed by atoms with E-state index in [-0.39, 0.29) is 16.6 Å². The molecule has 0 unspecified atom stereocenters. The molecule has 19 heavy (non-hydrogen) atoms. The van der Waals surface area contributed by atoms with Crippen LogP contribution in [0, 0.1) is 17.5 Å². The largest absolute Gasteiger partial charge is 0.481 e. The van der Waals surface area contributed by atoms with Gasteiger partial charge in [0.05, 0.1) is 11.4 Å². The predicted molar refractivity (Wildman–Crippen MR) is 59.6 cm³/mol. The van der Waals surface area contributed by atoms with Crippen LogP contribution >= 0.6 is 11.8 Å². The number of hydrogen-bond acceptors (Lipinski definition) is 4. The van der Waals surface area contributed by atoms with E-state index < -0.39 is 23.4 Å². The van der Waals surface area contributed by atoms with Crippen molar-refractivity contribution in [1.29, 1.82) is 0 Å². The molecule has 0 saturated carbocycles. The number of aromatic nitrogens is 3. The van der Waals surface area contributed by atoms with Crippen LogP contribution in [0.3, 0.4) is 0 Å². The average molecular weight is 289 g/mol. The third-order valence-corrected chi connectivity index (χ3v) is 3.02. The summed E-state index contributed by atoms with van der Waals surface area (Å²) in [5.41, 5.74) is -0.295. The highest BCUT2D eigenvalue weighted by atomic mass is 32.2. The van der Waals surface area contributed by atoms with E-state index in [9.17, 15) is 18.0 Å². The van der Waals surface area contributed by atoms with Crippen molar-refractivity contribution in [1.82, 2.24) is 14.8 Å². The lowest BCUT2D eigenvalue weighted by atomic mass is 10.3. The molecule has 0 atom stereocenters. The van der Waals surface area contributed by atoms with E-state index in [0.29, 0.717) is 12.1 Å². The maximum Gasteiger partial charge on any atom is 0.313 e. The second kappa shape index (κ2) is 5.31. The zero-order valence-corrected chi connectivity index (χ0v) is 9.99. The van der Waals surface area contributed by atoms with Crippen LogP contribution in [0.15, 0.2) is 23.6 Å². The number of carboxylic acid groups (broad SMARTS) is 1. The zero-order valence-electron chi connectivity index (χ0n) is 9.18. The van der Waals surface area contributed by atoms with Gasteiger partial charge in [0.1, 0.15) is 12.1 Å². The van der Waals surface area contributed by atoms with E-state index in [1.54, 1.807) is 0 Å². The van der Waals surface area contributed by atoms with Gasteiger partial charge in [-0.2, -0.15) is 0 Å². The summed E-state index contributed by atoms with van der Waals surface area (Å²) in [6.45, 7) is 0. The summed E-state index contributed by atoms with van der Waals surface area (Å²) in [5, 5.41) is 15.7. The molecule has 0 amide bonds. The maximum atomic E-state index is 13.6. The van der Waals surface area contributed by atoms with Crippen LogP contribution < -0.4 is 0 Å². The van der Waals surface area contributed by atoms with Gasteiger partial charge in [-0.05, 0) is 0 Å². The van der Waals surface area contributed by atoms with Gasteiger partial charge in [0.15, 0.2) is 16.8 Å². The Hall–Kier alpha value is -2.03. The minimum atomic E-state index is -1.31. The molecular weight excluding hydrogens is 283 g/mol. The lowest BCUT2D eigenvalue weighted by Gasteiger charge is -2.07. The Labute approximate surface area is 109 Å². The number of rotatable bonds is 4. The van der Waals surface area contributed by atoms with Gasteiger partial charge < -0.3 is 5.11 Å². The molecule has 0 fully saturated rings. The van der Waals surface area contributed by atoms with Crippen molar-refractivity contribution in [2.24, 2.45) is 0 Å². The van der Waals surface area contributed by atoms with Gasteiger partial charge in [-0.15, -0.1) is 10.2 Å². The molecule has 0 saturated heterocycles. The molecule has 5 nitrogen and oxygen atoms in total. The smallest absolute Gasteiger partial charge is 0.313 e. The highest BCUT2D eigenvalue weighted by Crippen LogP contribution is 2.23. The zero-order chi connectivity index (χ0) is 14.0. The van der Waals surface area contributed by atoms with E-state index in [1.165, 1.54) is 0 Å². The van der Waals surface area contributed by atoms with Crippen molar-refractivity contribution in [2.45, 2.75) is 5.16 Å². The molecule has 1 aromatic carbocycles. The fraction of sp³-hybridized carbons (Fsp3) is 0.100. The van der Waals surface area contributed by atoms with Crippen molar-refractivity contribution in [3.05, 3.63) is 35.9 Å². The fourth-order valence-electron chi connectivity index (χ4n) is 1.31. The molecule has 9 heteroatoms. The Kier molecular flexibility index (Phi) is 3.74. The third kappa shape index (κ3) is 2.87. The average Bonchev–Trinajstić information content (AvgIpc) is 2.79. The van der Waals surface area contributed by atoms with Gasteiger partial charge in [0.25, 0.3) is 0 Å². The van der Waals surface area contributed by atoms with Crippen molar-refractivity contribution < 1.29 is 23.1 Å². The van der Waals surface area contributed by atoms with Gasteiger partial charge in [-0.1, -0.05) is 11.8 Å². The number of thioether (sulfide) groups is 1. The SMILES string of the molecule is O=C(O)CSc1nncn1-c1cc(F)c(F)cc1F. The number of nitrogens with zero attached hydrogens (tertiary/aromatic N) is 3. The molecule has 2 aromatic rings. The first-order valence-corrected chi connectivity index (χ1v) is 5.87. The number of aliphatic carboxylic acids is 1. The summed E-state index contributed by atoms with van der Waals surface area (Å²) in [5.74, 6) is -4.95. The quantitative estimate of drug-likeness (QED) is 0.687. The molecule has 1 N–H and O–H groups in total. The Morgan fingerprint density at radius 2 is 1.95 bits per heavy atom. The molecule has 2 rings (SSSR count). The van der Waals surface area contributed by atoms with E-state index in [0.717, 1.165) is 22.7 Å². The van der Waals surface area contributed by atoms with Crippen molar-refractivity contribution >= 4 is 17.7 Å². The van der Waals surface area contributed by atoms with Gasteiger partial charge >= 0.3 is 5.97 Å². The monoisotopic (exact) mass is 289 g/mol. The molecule has 0 aliphatic heterocycles. The predicted octanol–water partition coefficient (Wildman–Crippen LogP) is 1.86. The topological polar surface area (TPSA) is 68.0 Å². The van der Waals surface area contributed by atoms with Crippen molar-refractivity contribution in [3.63, 3.8) is 0 Å². The van der Waals surface area contributed by atoms with E-state index in [2.05, 4.69) is 10.2 Å². The first-order valence-electron chi connectivity index (χ1n) is 4.88. The summed E-state index contributed by atoms with van der Waals surface area (Å²) in [7, 11) is 0. The summed E-state index contributed by atoms with van der Waals surface area (Å²) >= 11 is 0.782. The summed E-state index contributed by atoms with van der Waals surface area (Å²) in [6, 6.07) is 1.05. The molecule has 100 valence electrons. The van der Waals surface area contributed by atoms with E-state index >= 15 is 0 Å². The van der Waals surface area contributed by atoms with E-state index in [4.69, 9.17) is 5.11 Å². The number of carbonyl (C=O) groups is 1. The minimum Gasteiger partial charge on any atom is -0.481 e. The molecule has 0 bridgehead atoms. The molecule has 0 aliphatic rings. The second-order valence-corrected chi connectivity index (χ2v) is 4.33. The van der Waals surface area contributed by atoms with Crippen LogP contribution in [0.1, 0.15) is 0 Å². The number of halogens is 3. The fourth-order valence-corrected chi connectivity index (χ4v) is 1.95. The summed E-state index contributed by atoms with van der Waals surface area (Å²) in [4.78, 5) is 10.4. The first-order chi connectivity index (χ1) is 8.99. The molecular formula is C10H6F3N3O2S. The Morgan fingerprint density at radius 1 is 1.26 bits per heavy atom. The molecule has 0 spiro atoms. The van der Waals surface area contributed by atoms with Crippen molar-refractivity contribution in [2.75, 3.05) is 5.75 Å². The maximum absolute atomic E-state index is 13.6. The van der Waals surface area contributed by atoms with Crippen molar-refractivity contribution in [3.8, 4) is 5.69 Å². The number of benzene rings is 1. The van der Waals surface area contributed by atoms with Gasteiger partial charge in [-0.3, -0.25) is 9.36 Å². The third-order valence-electron chi connectivity index (χ3n) is 2.09. The van der Waals surface area contributed by atoms with Crippen LogP contribution in [-0.4, -0.2) is 31.6 Å². The first kappa shape index (κ1) is 13.4. The van der Waals surface area contributed by atoms with Gasteiger partial charge in [-0.25, -0.2) is 13.2 Å². The van der Waals surface area contributed by atoms with Crippen LogP contribution in [-0.2, 0) is 4.79 Å². The molecule has 0 radical (unpaired) electrons. The summed E-state index contributed by atoms with van der Waals surface area (Å²) < 4.78 is 40.5. The number of hydrogen-bond donors (Lipinski definition) is 1. The Bertz CT molecular complexity index is 632. The molecule has 1 heterocycles. The number of carboxylic acids is 1. The molecule has 1 aromatic heterocycles. The lowest BCUT2D eigenvalue weighted by Crippen LogP contribution is -2.04. The second-order valence-electron chi connectivity index (χ2n) is 3.38. The lowest BCUT2D eigenvalue weighted by molar-refractivity contribution is -0.133. The van der Waals surface area contributed by atoms with Crippen LogP contribution in [0.5, 0.6) is 0 Å². The standard InChI is InChI=1S/C10H6F3N3O2S/c11-5-1-7(13)8(2-6(5)12)16-4-14-15-10(16)19-3-9(17)18/h1-2,4H,3H2,(H,17,18). The highest BCUT2D eigenvalue weighted by Gasteiger charge is 2.15. The Balaban J connectivity index is 2.40. The Morgan fingerprint density at radius 3 is 2.63 bits per heavy atom. The van der Waals surface area contributed by atoms with Crippen LogP contribution in [0.25, 0.3) is 5.69 Å². The highest BCUT2D eigenvalue weighted by molar-refractivity contribution is 7.99. The summed E-state index contributed by atoms with van der Waals surface area (Å²) in [6.07, 6.45) is 1.08. The van der Waals surface area contributed by atoms with Crippen LogP contribution in [0.4, 0.5) is 13.2 Å². The van der Waals surface area contributed by atoms with E-state index in [1.807, 2.05) is 0 Å². The minimum absolute atomic E-state index is 0.0623. The van der Waals surface area contributed by atoms with Gasteiger partial charge in [0, 0.05) is 12.1 Å². The van der Waals surface area contributed by atoms with Crippen LogP contribution in [0.2, 0.25) is 0 Å². The molecule has 0 aliphatic carbocycles. The van der Waals surface area contributed by atoms with Gasteiger partial charge in [0.2, 0.25) is 0 Å².